The molecule has 0 saturated heterocycles. The first-order chi connectivity index (χ1) is 12.3. The number of Topliss-reactive ketones (excluding diaryl/α,β-unsaturated/α-hetero) is 1. The summed E-state index contributed by atoms with van der Waals surface area (Å²) in [6, 6.07) is 0. The molecule has 4 nitrogen and oxygen atoms in total. The average molecular weight is 369 g/mol. The molecule has 152 valence electrons. The van der Waals surface area contributed by atoms with Crippen LogP contribution in [0.15, 0.2) is 0 Å². The van der Waals surface area contributed by atoms with Crippen LogP contribution in [-0.4, -0.2) is 29.6 Å². The van der Waals surface area contributed by atoms with E-state index >= 15 is 0 Å². The van der Waals surface area contributed by atoms with Gasteiger partial charge in [-0.1, -0.05) is 59.3 Å². The van der Waals surface area contributed by atoms with Gasteiger partial charge in [0.15, 0.2) is 6.10 Å². The van der Waals surface area contributed by atoms with Crippen molar-refractivity contribution in [2.75, 3.05) is 6.61 Å². The van der Waals surface area contributed by atoms with Gasteiger partial charge in [0.1, 0.15) is 5.78 Å². The lowest BCUT2D eigenvalue weighted by Gasteiger charge is -2.29. The molecule has 0 amide bonds. The van der Waals surface area contributed by atoms with Gasteiger partial charge in [-0.25, -0.2) is 4.79 Å². The Morgan fingerprint density at radius 2 is 1.85 bits per heavy atom. The highest BCUT2D eigenvalue weighted by Gasteiger charge is 2.35. The SMILES string of the molecule is CCCCCC[C@H]1CCC(=O)[C@@H]1CCCCC(C)(C)C(O)C(=O)OCC. The van der Waals surface area contributed by atoms with Gasteiger partial charge in [0.25, 0.3) is 0 Å². The molecule has 0 heterocycles. The summed E-state index contributed by atoms with van der Waals surface area (Å²) >= 11 is 0. The number of esters is 1. The summed E-state index contributed by atoms with van der Waals surface area (Å²) in [6.07, 6.45) is 10.7. The van der Waals surface area contributed by atoms with Gasteiger partial charge < -0.3 is 9.84 Å². The third-order valence-corrected chi connectivity index (χ3v) is 6.01. The van der Waals surface area contributed by atoms with Crippen molar-refractivity contribution in [2.24, 2.45) is 17.3 Å². The number of carbonyl (C=O) groups excluding carboxylic acids is 2. The van der Waals surface area contributed by atoms with Gasteiger partial charge in [0, 0.05) is 17.8 Å². The molecule has 1 rings (SSSR count). The van der Waals surface area contributed by atoms with Gasteiger partial charge in [-0.05, 0) is 38.5 Å². The summed E-state index contributed by atoms with van der Waals surface area (Å²) in [6.45, 7) is 8.07. The Bertz CT molecular complexity index is 430. The van der Waals surface area contributed by atoms with Crippen molar-refractivity contribution < 1.29 is 19.4 Å². The molecule has 0 aliphatic heterocycles. The fourth-order valence-electron chi connectivity index (χ4n) is 4.17. The normalized spacial score (nSPS) is 21.8. The highest BCUT2D eigenvalue weighted by atomic mass is 16.5. The van der Waals surface area contributed by atoms with E-state index < -0.39 is 17.5 Å². The van der Waals surface area contributed by atoms with Crippen LogP contribution in [0.5, 0.6) is 0 Å². The molecule has 1 aliphatic carbocycles. The Kier molecular flexibility index (Phi) is 10.4. The minimum Gasteiger partial charge on any atom is -0.464 e. The van der Waals surface area contributed by atoms with E-state index in [0.29, 0.717) is 11.7 Å². The molecular formula is C22H40O4. The highest BCUT2D eigenvalue weighted by Crippen LogP contribution is 2.37. The minimum atomic E-state index is -1.08. The van der Waals surface area contributed by atoms with Crippen molar-refractivity contribution in [2.45, 2.75) is 104 Å². The molecule has 1 N–H and O–H groups in total. The van der Waals surface area contributed by atoms with E-state index in [-0.39, 0.29) is 12.5 Å². The van der Waals surface area contributed by atoms with Gasteiger partial charge in [-0.3, -0.25) is 4.79 Å². The number of hydrogen-bond donors (Lipinski definition) is 1. The Morgan fingerprint density at radius 3 is 2.50 bits per heavy atom. The molecule has 0 aromatic carbocycles. The smallest absolute Gasteiger partial charge is 0.335 e. The fraction of sp³-hybridized carbons (Fsp3) is 0.909. The van der Waals surface area contributed by atoms with Gasteiger partial charge >= 0.3 is 5.97 Å². The molecule has 3 atom stereocenters. The molecule has 1 unspecified atom stereocenters. The number of aliphatic hydroxyl groups is 1. The van der Waals surface area contributed by atoms with Gasteiger partial charge in [0.2, 0.25) is 0 Å². The van der Waals surface area contributed by atoms with E-state index in [9.17, 15) is 14.7 Å². The van der Waals surface area contributed by atoms with Crippen molar-refractivity contribution in [1.82, 2.24) is 0 Å². The first kappa shape index (κ1) is 23.1. The summed E-state index contributed by atoms with van der Waals surface area (Å²) in [7, 11) is 0. The number of rotatable bonds is 13. The van der Waals surface area contributed by atoms with Crippen LogP contribution in [0.1, 0.15) is 98.3 Å². The van der Waals surface area contributed by atoms with Crippen molar-refractivity contribution in [3.05, 3.63) is 0 Å². The predicted molar refractivity (Wildman–Crippen MR) is 105 cm³/mol. The number of ketones is 1. The van der Waals surface area contributed by atoms with Crippen LogP contribution in [0.3, 0.4) is 0 Å². The summed E-state index contributed by atoms with van der Waals surface area (Å²) in [5, 5.41) is 10.2. The molecule has 1 fully saturated rings. The lowest BCUT2D eigenvalue weighted by atomic mass is 9.80. The lowest BCUT2D eigenvalue weighted by Crippen LogP contribution is -2.37. The molecule has 1 aliphatic rings. The van der Waals surface area contributed by atoms with Gasteiger partial charge in [-0.2, -0.15) is 0 Å². The maximum Gasteiger partial charge on any atom is 0.335 e. The van der Waals surface area contributed by atoms with Crippen LogP contribution >= 0.6 is 0 Å². The summed E-state index contributed by atoms with van der Waals surface area (Å²) in [4.78, 5) is 24.0. The molecule has 0 bridgehead atoms. The zero-order valence-corrected chi connectivity index (χ0v) is 17.4. The second-order valence-corrected chi connectivity index (χ2v) is 8.61. The average Bonchev–Trinajstić information content (AvgIpc) is 2.95. The first-order valence-corrected chi connectivity index (χ1v) is 10.7. The van der Waals surface area contributed by atoms with E-state index in [1.807, 2.05) is 13.8 Å². The number of ether oxygens (including phenoxy) is 1. The van der Waals surface area contributed by atoms with E-state index in [0.717, 1.165) is 38.5 Å². The number of aliphatic hydroxyl groups excluding tert-OH is 1. The maximum atomic E-state index is 12.2. The molecule has 0 spiro atoms. The minimum absolute atomic E-state index is 0.245. The third-order valence-electron chi connectivity index (χ3n) is 6.01. The molecule has 4 heteroatoms. The maximum absolute atomic E-state index is 12.2. The topological polar surface area (TPSA) is 63.6 Å². The largest absolute Gasteiger partial charge is 0.464 e. The quantitative estimate of drug-likeness (QED) is 0.364. The molecule has 0 radical (unpaired) electrons. The van der Waals surface area contributed by atoms with Crippen molar-refractivity contribution in [1.29, 1.82) is 0 Å². The monoisotopic (exact) mass is 368 g/mol. The van der Waals surface area contributed by atoms with Gasteiger partial charge in [0.05, 0.1) is 6.61 Å². The summed E-state index contributed by atoms with van der Waals surface area (Å²) < 4.78 is 4.93. The Balaban J connectivity index is 2.35. The second-order valence-electron chi connectivity index (χ2n) is 8.61. The van der Waals surface area contributed by atoms with Crippen LogP contribution in [-0.2, 0) is 14.3 Å². The predicted octanol–water partition coefficient (Wildman–Crippen LogP) is 5.06. The molecule has 0 aromatic heterocycles. The molecule has 0 aromatic rings. The van der Waals surface area contributed by atoms with Crippen molar-refractivity contribution in [3.63, 3.8) is 0 Å². The van der Waals surface area contributed by atoms with Crippen LogP contribution < -0.4 is 0 Å². The lowest BCUT2D eigenvalue weighted by molar-refractivity contribution is -0.159. The Morgan fingerprint density at radius 1 is 1.15 bits per heavy atom. The number of unbranched alkanes of at least 4 members (excludes halogenated alkanes) is 4. The molecule has 26 heavy (non-hydrogen) atoms. The Labute approximate surface area is 160 Å². The highest BCUT2D eigenvalue weighted by molar-refractivity contribution is 5.83. The molecular weight excluding hydrogens is 328 g/mol. The number of carbonyl (C=O) groups is 2. The zero-order valence-electron chi connectivity index (χ0n) is 17.4. The zero-order chi connectivity index (χ0) is 19.6. The standard InChI is InChI=1S/C22H40O4/c1-5-7-8-9-12-17-14-15-19(23)18(17)13-10-11-16-22(3,4)20(24)21(25)26-6-2/h17-18,20,24H,5-16H2,1-4H3/t17-,18+,20?/m0/s1. The summed E-state index contributed by atoms with van der Waals surface area (Å²) in [5.41, 5.74) is -0.495. The second kappa shape index (κ2) is 11.7. The van der Waals surface area contributed by atoms with Crippen LogP contribution in [0, 0.1) is 17.3 Å². The van der Waals surface area contributed by atoms with E-state index in [4.69, 9.17) is 4.74 Å². The Hall–Kier alpha value is -0.900. The van der Waals surface area contributed by atoms with E-state index in [2.05, 4.69) is 6.92 Å². The van der Waals surface area contributed by atoms with Crippen molar-refractivity contribution >= 4 is 11.8 Å². The van der Waals surface area contributed by atoms with Gasteiger partial charge in [-0.15, -0.1) is 0 Å². The first-order valence-electron chi connectivity index (χ1n) is 10.7. The summed E-state index contributed by atoms with van der Waals surface area (Å²) in [5.74, 6) is 0.749. The third kappa shape index (κ3) is 7.38. The molecule has 1 saturated carbocycles. The van der Waals surface area contributed by atoms with Crippen LogP contribution in [0.4, 0.5) is 0 Å². The van der Waals surface area contributed by atoms with E-state index in [1.165, 1.54) is 32.1 Å². The fourth-order valence-corrected chi connectivity index (χ4v) is 4.17. The van der Waals surface area contributed by atoms with Crippen molar-refractivity contribution in [3.8, 4) is 0 Å². The number of hydrogen-bond acceptors (Lipinski definition) is 4. The van der Waals surface area contributed by atoms with Crippen LogP contribution in [0.2, 0.25) is 0 Å². The van der Waals surface area contributed by atoms with E-state index in [1.54, 1.807) is 6.92 Å². The van der Waals surface area contributed by atoms with Crippen LogP contribution in [0.25, 0.3) is 0 Å².